The van der Waals surface area contributed by atoms with Crippen LogP contribution in [0.5, 0.6) is 0 Å². The molecule has 2 atom stereocenters. The van der Waals surface area contributed by atoms with Gasteiger partial charge in [0.2, 0.25) is 0 Å². The number of nitrogens with one attached hydrogen (secondary N) is 3. The van der Waals surface area contributed by atoms with Gasteiger partial charge in [0, 0.05) is 43.4 Å². The van der Waals surface area contributed by atoms with Gasteiger partial charge in [-0.1, -0.05) is 20.8 Å². The summed E-state index contributed by atoms with van der Waals surface area (Å²) >= 11 is 0. The standard InChI is InChI=1S/C30H42F2N4O4/c1-5-9-33-30(40)34-10-8-27(37)26(17-21-15-24(31)19-25(32)16-21)35-28(38)22-13-20(4)14-23(18-22)29(39)36(11-6-2)12-7-3/h13-16,18-19,26-27,37H,5-12,17H2,1-4H3,(H,35,38)(H2,33,34,40)/t26?,27-/m0/s1. The second-order valence-electron chi connectivity index (χ2n) is 9.98. The van der Waals surface area contributed by atoms with Crippen LogP contribution in [0.4, 0.5) is 13.6 Å². The Kier molecular flexibility index (Phi) is 13.5. The molecule has 10 heteroatoms. The summed E-state index contributed by atoms with van der Waals surface area (Å²) in [5.41, 5.74) is 1.59. The van der Waals surface area contributed by atoms with Crippen LogP contribution in [0.25, 0.3) is 0 Å². The summed E-state index contributed by atoms with van der Waals surface area (Å²) in [7, 11) is 0. The van der Waals surface area contributed by atoms with Crippen molar-refractivity contribution in [3.63, 3.8) is 0 Å². The maximum atomic E-state index is 13.9. The zero-order valence-electron chi connectivity index (χ0n) is 23.9. The topological polar surface area (TPSA) is 111 Å². The van der Waals surface area contributed by atoms with E-state index < -0.39 is 29.7 Å². The molecule has 220 valence electrons. The summed E-state index contributed by atoms with van der Waals surface area (Å²) < 4.78 is 27.7. The molecular weight excluding hydrogens is 518 g/mol. The van der Waals surface area contributed by atoms with E-state index in [-0.39, 0.29) is 42.5 Å². The zero-order valence-corrected chi connectivity index (χ0v) is 23.9. The highest BCUT2D eigenvalue weighted by Gasteiger charge is 2.24. The minimum Gasteiger partial charge on any atom is -0.391 e. The van der Waals surface area contributed by atoms with E-state index in [2.05, 4.69) is 16.0 Å². The molecule has 0 saturated heterocycles. The first-order valence-electron chi connectivity index (χ1n) is 13.9. The van der Waals surface area contributed by atoms with Gasteiger partial charge >= 0.3 is 6.03 Å². The Balaban J connectivity index is 2.25. The lowest BCUT2D eigenvalue weighted by molar-refractivity contribution is 0.0755. The maximum absolute atomic E-state index is 13.9. The van der Waals surface area contributed by atoms with E-state index in [0.29, 0.717) is 25.2 Å². The van der Waals surface area contributed by atoms with E-state index in [9.17, 15) is 28.3 Å². The second-order valence-corrected chi connectivity index (χ2v) is 9.98. The SMILES string of the molecule is CCCNC(=O)NCC[C@H](O)C(Cc1cc(F)cc(F)c1)NC(=O)c1cc(C)cc(C(=O)N(CCC)CCC)c1. The van der Waals surface area contributed by atoms with Crippen molar-refractivity contribution in [3.8, 4) is 0 Å². The molecule has 0 bridgehead atoms. The zero-order chi connectivity index (χ0) is 29.7. The highest BCUT2D eigenvalue weighted by molar-refractivity contribution is 6.00. The molecule has 0 aliphatic rings. The summed E-state index contributed by atoms with van der Waals surface area (Å²) in [6, 6.07) is 6.63. The van der Waals surface area contributed by atoms with E-state index in [4.69, 9.17) is 0 Å². The van der Waals surface area contributed by atoms with Gasteiger partial charge in [0.05, 0.1) is 12.1 Å². The van der Waals surface area contributed by atoms with Gasteiger partial charge in [-0.3, -0.25) is 9.59 Å². The molecule has 4 amide bonds. The van der Waals surface area contributed by atoms with Crippen LogP contribution < -0.4 is 16.0 Å². The summed E-state index contributed by atoms with van der Waals surface area (Å²) in [4.78, 5) is 40.1. The molecule has 2 aromatic carbocycles. The number of benzene rings is 2. The summed E-state index contributed by atoms with van der Waals surface area (Å²) in [5, 5.41) is 19.0. The molecule has 2 rings (SSSR count). The van der Waals surface area contributed by atoms with Crippen molar-refractivity contribution in [1.82, 2.24) is 20.9 Å². The fourth-order valence-electron chi connectivity index (χ4n) is 4.43. The first kappa shape index (κ1) is 32.7. The summed E-state index contributed by atoms with van der Waals surface area (Å²) in [6.07, 6.45) is 1.28. The minimum atomic E-state index is -1.14. The van der Waals surface area contributed by atoms with Gasteiger partial charge in [-0.05, 0) is 80.5 Å². The van der Waals surface area contributed by atoms with Crippen LogP contribution in [0.2, 0.25) is 0 Å². The normalized spacial score (nSPS) is 12.4. The van der Waals surface area contributed by atoms with Crippen LogP contribution in [0.3, 0.4) is 0 Å². The maximum Gasteiger partial charge on any atom is 0.314 e. The van der Waals surface area contributed by atoms with Gasteiger partial charge in [-0.2, -0.15) is 0 Å². The molecular formula is C30H42F2N4O4. The van der Waals surface area contributed by atoms with Gasteiger partial charge in [-0.25, -0.2) is 13.6 Å². The molecule has 0 aliphatic carbocycles. The van der Waals surface area contributed by atoms with Crippen molar-refractivity contribution in [2.75, 3.05) is 26.2 Å². The molecule has 0 spiro atoms. The number of rotatable bonds is 15. The van der Waals surface area contributed by atoms with Crippen LogP contribution in [0.15, 0.2) is 36.4 Å². The Bertz CT molecular complexity index is 1120. The molecule has 0 aliphatic heterocycles. The van der Waals surface area contributed by atoms with Gasteiger partial charge in [0.15, 0.2) is 0 Å². The molecule has 8 nitrogen and oxygen atoms in total. The van der Waals surface area contributed by atoms with Crippen LogP contribution in [-0.2, 0) is 6.42 Å². The fourth-order valence-corrected chi connectivity index (χ4v) is 4.43. The van der Waals surface area contributed by atoms with Gasteiger partial charge in [0.25, 0.3) is 11.8 Å². The summed E-state index contributed by atoms with van der Waals surface area (Å²) in [5.74, 6) is -2.24. The van der Waals surface area contributed by atoms with E-state index in [1.54, 1.807) is 24.0 Å². The van der Waals surface area contributed by atoms with Crippen LogP contribution in [0, 0.1) is 18.6 Å². The quantitative estimate of drug-likeness (QED) is 0.260. The van der Waals surface area contributed by atoms with Crippen molar-refractivity contribution in [3.05, 3.63) is 70.3 Å². The fraction of sp³-hybridized carbons (Fsp3) is 0.500. The second kappa shape index (κ2) is 16.5. The first-order chi connectivity index (χ1) is 19.1. The highest BCUT2D eigenvalue weighted by atomic mass is 19.1. The molecule has 0 heterocycles. The van der Waals surface area contributed by atoms with Crippen molar-refractivity contribution in [2.45, 2.75) is 71.9 Å². The smallest absolute Gasteiger partial charge is 0.314 e. The number of urea groups is 1. The Labute approximate surface area is 235 Å². The molecule has 0 saturated carbocycles. The number of hydrogen-bond donors (Lipinski definition) is 4. The molecule has 2 aromatic rings. The Morgan fingerprint density at radius 1 is 0.850 bits per heavy atom. The Morgan fingerprint density at radius 2 is 1.45 bits per heavy atom. The molecule has 0 radical (unpaired) electrons. The number of halogens is 2. The lowest BCUT2D eigenvalue weighted by Crippen LogP contribution is -2.46. The third kappa shape index (κ3) is 10.6. The van der Waals surface area contributed by atoms with E-state index in [0.717, 1.165) is 43.0 Å². The van der Waals surface area contributed by atoms with Crippen molar-refractivity contribution in [2.24, 2.45) is 0 Å². The number of aryl methyl sites for hydroxylation is 1. The van der Waals surface area contributed by atoms with E-state index in [1.807, 2.05) is 20.8 Å². The molecule has 4 N–H and O–H groups in total. The van der Waals surface area contributed by atoms with Crippen LogP contribution >= 0.6 is 0 Å². The van der Waals surface area contributed by atoms with E-state index >= 15 is 0 Å². The van der Waals surface area contributed by atoms with Gasteiger partial charge in [0.1, 0.15) is 11.6 Å². The van der Waals surface area contributed by atoms with Crippen LogP contribution in [0.1, 0.15) is 78.3 Å². The third-order valence-corrected chi connectivity index (χ3v) is 6.28. The lowest BCUT2D eigenvalue weighted by atomic mass is 9.97. The van der Waals surface area contributed by atoms with Gasteiger partial charge in [-0.15, -0.1) is 0 Å². The average molecular weight is 561 g/mol. The monoisotopic (exact) mass is 560 g/mol. The minimum absolute atomic E-state index is 0.0536. The van der Waals surface area contributed by atoms with Crippen LogP contribution in [-0.4, -0.2) is 66.2 Å². The third-order valence-electron chi connectivity index (χ3n) is 6.28. The van der Waals surface area contributed by atoms with Crippen molar-refractivity contribution < 1.29 is 28.3 Å². The number of amides is 4. The number of nitrogens with zero attached hydrogens (tertiary/aromatic N) is 1. The number of hydrogen-bond acceptors (Lipinski definition) is 4. The van der Waals surface area contributed by atoms with Gasteiger partial charge < -0.3 is 26.0 Å². The number of aliphatic hydroxyl groups is 1. The predicted molar refractivity (Wildman–Crippen MR) is 151 cm³/mol. The largest absolute Gasteiger partial charge is 0.391 e. The molecule has 1 unspecified atom stereocenters. The van der Waals surface area contributed by atoms with E-state index in [1.165, 1.54) is 6.07 Å². The highest BCUT2D eigenvalue weighted by Crippen LogP contribution is 2.16. The predicted octanol–water partition coefficient (Wildman–Crippen LogP) is 4.34. The van der Waals surface area contributed by atoms with Crippen molar-refractivity contribution >= 4 is 17.8 Å². The molecule has 0 fully saturated rings. The summed E-state index contributed by atoms with van der Waals surface area (Å²) in [6.45, 7) is 9.53. The Morgan fingerprint density at radius 3 is 2.05 bits per heavy atom. The molecule has 0 aromatic heterocycles. The number of aliphatic hydroxyl groups excluding tert-OH is 1. The first-order valence-corrected chi connectivity index (χ1v) is 13.9. The number of carbonyl (C=O) groups is 3. The van der Waals surface area contributed by atoms with Crippen molar-refractivity contribution in [1.29, 1.82) is 0 Å². The average Bonchev–Trinajstić information content (AvgIpc) is 2.90. The lowest BCUT2D eigenvalue weighted by Gasteiger charge is -2.25. The Hall–Kier alpha value is -3.53. The molecule has 40 heavy (non-hydrogen) atoms. The number of carbonyl (C=O) groups excluding carboxylic acids is 3.